The summed E-state index contributed by atoms with van der Waals surface area (Å²) < 4.78 is 0. The first-order valence-corrected chi connectivity index (χ1v) is 4.69. The van der Waals surface area contributed by atoms with Gasteiger partial charge in [0, 0.05) is 5.50 Å². The van der Waals surface area contributed by atoms with E-state index in [1.807, 2.05) is 0 Å². The number of benzene rings is 1. The van der Waals surface area contributed by atoms with Crippen molar-refractivity contribution in [2.75, 3.05) is 0 Å². The molecule has 1 unspecified atom stereocenters. The quantitative estimate of drug-likeness (QED) is 0.301. The van der Waals surface area contributed by atoms with Gasteiger partial charge >= 0.3 is 0 Å². The minimum Gasteiger partial charge on any atom is -0.505 e. The molecule has 1 rings (SSSR count). The van der Waals surface area contributed by atoms with Crippen molar-refractivity contribution in [2.24, 2.45) is 5.73 Å². The third kappa shape index (κ3) is 2.08. The van der Waals surface area contributed by atoms with Crippen LogP contribution in [0.2, 0.25) is 0 Å². The van der Waals surface area contributed by atoms with Crippen LogP contribution in [0.4, 0.5) is 0 Å². The van der Waals surface area contributed by atoms with E-state index in [9.17, 15) is 15.3 Å². The molecule has 0 aliphatic carbocycles. The Balaban J connectivity index is 3.72. The molecular formula is C8H5B6NO3. The summed E-state index contributed by atoms with van der Waals surface area (Å²) in [5.41, 5.74) is 0.891. The largest absolute Gasteiger partial charge is 0.505 e. The van der Waals surface area contributed by atoms with Crippen LogP contribution in [0.15, 0.2) is 0 Å². The summed E-state index contributed by atoms with van der Waals surface area (Å²) in [6.45, 7) is 0. The van der Waals surface area contributed by atoms with E-state index in [1.165, 1.54) is 0 Å². The van der Waals surface area contributed by atoms with E-state index in [1.54, 1.807) is 0 Å². The first-order chi connectivity index (χ1) is 7.93. The van der Waals surface area contributed by atoms with Crippen LogP contribution < -0.4 is 22.1 Å². The monoisotopic (exact) mass is 229 g/mol. The topological polar surface area (TPSA) is 86.7 Å². The molecule has 4 nitrogen and oxygen atoms in total. The van der Waals surface area contributed by atoms with E-state index in [4.69, 9.17) is 52.8 Å². The average Bonchev–Trinajstić information content (AvgIpc) is 2.22. The van der Waals surface area contributed by atoms with Crippen molar-refractivity contribution in [1.82, 2.24) is 0 Å². The standard InChI is InChI=1S/C8H5B6NO3/c9-2-1(7(12,18)8(13,14)15)3(10)5(16)6(17)4(2)11/h16-18H,15H2. The van der Waals surface area contributed by atoms with Crippen molar-refractivity contribution in [3.63, 3.8) is 0 Å². The molecule has 1 aromatic carbocycles. The summed E-state index contributed by atoms with van der Waals surface area (Å²) >= 11 is 0. The normalized spacial score (nSPS) is 15.2. The molecule has 0 fully saturated rings. The van der Waals surface area contributed by atoms with Crippen LogP contribution in [0.3, 0.4) is 0 Å². The summed E-state index contributed by atoms with van der Waals surface area (Å²) in [5.74, 6) is -1.56. The minimum atomic E-state index is -2.58. The van der Waals surface area contributed by atoms with Gasteiger partial charge in [-0.15, -0.1) is 0 Å². The first kappa shape index (κ1) is 15.2. The maximum Gasteiger partial charge on any atom is 0.149 e. The van der Waals surface area contributed by atoms with Gasteiger partial charge in [-0.05, 0) is 16.4 Å². The predicted molar refractivity (Wildman–Crippen MR) is 74.0 cm³/mol. The third-order valence-corrected chi connectivity index (χ3v) is 2.60. The highest BCUT2D eigenvalue weighted by atomic mass is 16.3. The van der Waals surface area contributed by atoms with Crippen molar-refractivity contribution >= 4 is 63.5 Å². The van der Waals surface area contributed by atoms with Gasteiger partial charge in [0.2, 0.25) is 0 Å². The minimum absolute atomic E-state index is 0.390. The second kappa shape index (κ2) is 4.35. The molecule has 0 spiro atoms. The fraction of sp³-hybridized carbons (Fsp3) is 0.250. The fourth-order valence-corrected chi connectivity index (χ4v) is 1.41. The molecule has 0 saturated carbocycles. The highest BCUT2D eigenvalue weighted by molar-refractivity contribution is 6.55. The molecule has 0 aliphatic rings. The molecule has 0 bridgehead atoms. The molecule has 0 aromatic heterocycles. The number of aromatic hydroxyl groups is 2. The number of aliphatic hydroxyl groups is 1. The van der Waals surface area contributed by atoms with Crippen LogP contribution in [-0.2, 0) is 5.50 Å². The van der Waals surface area contributed by atoms with Crippen molar-refractivity contribution in [3.8, 4) is 11.5 Å². The number of hydrogen-bond acceptors (Lipinski definition) is 4. The van der Waals surface area contributed by atoms with Crippen molar-refractivity contribution in [3.05, 3.63) is 5.56 Å². The molecule has 5 N–H and O–H groups in total. The molecule has 10 heteroatoms. The number of rotatable bonds is 2. The number of phenolic OH excluding ortho intramolecular Hbond substituents is 2. The Morgan fingerprint density at radius 1 is 0.833 bits per heavy atom. The molecule has 78 valence electrons. The Bertz CT molecular complexity index is 470. The fourth-order valence-electron chi connectivity index (χ4n) is 1.41. The Labute approximate surface area is 113 Å². The summed E-state index contributed by atoms with van der Waals surface area (Å²) in [6.07, 6.45) is 0. The smallest absolute Gasteiger partial charge is 0.149 e. The van der Waals surface area contributed by atoms with Gasteiger partial charge in [-0.25, -0.2) is 0 Å². The lowest BCUT2D eigenvalue weighted by molar-refractivity contribution is 0.111. The van der Waals surface area contributed by atoms with Gasteiger partial charge in [0.25, 0.3) is 0 Å². The van der Waals surface area contributed by atoms with Gasteiger partial charge < -0.3 is 21.1 Å². The molecule has 1 aromatic rings. The maximum absolute atomic E-state index is 10.0. The van der Waals surface area contributed by atoms with Gasteiger partial charge in [-0.1, -0.05) is 10.9 Å². The maximum atomic E-state index is 10.0. The predicted octanol–water partition coefficient (Wildman–Crippen LogP) is -5.26. The number of nitrogens with two attached hydrogens (primary N) is 1. The summed E-state index contributed by atoms with van der Waals surface area (Å²) in [7, 11) is 32.5. The Morgan fingerprint density at radius 3 is 1.61 bits per heavy atom. The molecule has 0 aliphatic heterocycles. The van der Waals surface area contributed by atoms with Crippen LogP contribution in [0, 0.1) is 0 Å². The molecule has 1 atom stereocenters. The lowest BCUT2D eigenvalue weighted by atomic mass is 9.43. The SMILES string of the molecule is [B]c1c([B])c(C([B])(O)C([B])([B])N)c([B])c(O)c1O. The summed E-state index contributed by atoms with van der Waals surface area (Å²) in [5, 5.41) is 26.6. The molecule has 18 heavy (non-hydrogen) atoms. The van der Waals surface area contributed by atoms with Crippen molar-refractivity contribution in [1.29, 1.82) is 0 Å². The van der Waals surface area contributed by atoms with Gasteiger partial charge in [-0.2, -0.15) is 0 Å². The van der Waals surface area contributed by atoms with E-state index < -0.39 is 44.3 Å². The van der Waals surface area contributed by atoms with E-state index in [2.05, 4.69) is 0 Å². The van der Waals surface area contributed by atoms with Crippen LogP contribution in [0.5, 0.6) is 11.5 Å². The van der Waals surface area contributed by atoms with Gasteiger partial charge in [0.1, 0.15) is 42.9 Å². The summed E-state index contributed by atoms with van der Waals surface area (Å²) in [6, 6.07) is 0. The summed E-state index contributed by atoms with van der Waals surface area (Å²) in [4.78, 5) is 0. The first-order valence-electron chi connectivity index (χ1n) is 4.69. The molecular weight excluding hydrogens is 223 g/mol. The second-order valence-corrected chi connectivity index (χ2v) is 4.01. The number of phenols is 2. The van der Waals surface area contributed by atoms with Crippen molar-refractivity contribution < 1.29 is 15.3 Å². The van der Waals surface area contributed by atoms with E-state index in [0.717, 1.165) is 0 Å². The zero-order valence-corrected chi connectivity index (χ0v) is 9.38. The second-order valence-electron chi connectivity index (χ2n) is 4.01. The molecule has 12 radical (unpaired) electrons. The van der Waals surface area contributed by atoms with Crippen LogP contribution in [0.25, 0.3) is 0 Å². The Hall–Kier alpha value is -0.870. The lowest BCUT2D eigenvalue weighted by Gasteiger charge is -2.42. The zero-order valence-electron chi connectivity index (χ0n) is 9.38. The van der Waals surface area contributed by atoms with Crippen LogP contribution in [-0.4, -0.2) is 67.7 Å². The van der Waals surface area contributed by atoms with Crippen LogP contribution >= 0.6 is 0 Å². The molecule has 0 heterocycles. The molecule has 0 saturated heterocycles. The zero-order chi connectivity index (χ0) is 14.5. The Morgan fingerprint density at radius 2 is 1.22 bits per heavy atom. The van der Waals surface area contributed by atoms with Gasteiger partial charge in [0.05, 0.1) is 15.7 Å². The highest BCUT2D eigenvalue weighted by Gasteiger charge is 2.38. The number of hydrogen-bond donors (Lipinski definition) is 4. The van der Waals surface area contributed by atoms with Gasteiger partial charge in [-0.3, -0.25) is 0 Å². The van der Waals surface area contributed by atoms with E-state index >= 15 is 0 Å². The van der Waals surface area contributed by atoms with Gasteiger partial charge in [0.15, 0.2) is 0 Å². The van der Waals surface area contributed by atoms with Crippen molar-refractivity contribution in [2.45, 2.75) is 10.8 Å². The average molecular weight is 228 g/mol. The lowest BCUT2D eigenvalue weighted by Crippen LogP contribution is -2.64. The van der Waals surface area contributed by atoms with E-state index in [0.29, 0.717) is 0 Å². The Kier molecular flexibility index (Phi) is 3.67. The highest BCUT2D eigenvalue weighted by Crippen LogP contribution is 2.26. The molecule has 0 amide bonds. The van der Waals surface area contributed by atoms with E-state index in [-0.39, 0.29) is 0 Å². The van der Waals surface area contributed by atoms with Crippen LogP contribution in [0.1, 0.15) is 5.56 Å². The third-order valence-electron chi connectivity index (χ3n) is 2.60.